The van der Waals surface area contributed by atoms with Crippen molar-refractivity contribution in [2.24, 2.45) is 0 Å². The van der Waals surface area contributed by atoms with E-state index in [0.717, 1.165) is 21.6 Å². The molecule has 122 valence electrons. The Morgan fingerprint density at radius 3 is 2.65 bits per heavy atom. The molecule has 1 heterocycles. The molecule has 0 bridgehead atoms. The molecule has 0 radical (unpaired) electrons. The van der Waals surface area contributed by atoms with E-state index in [4.69, 9.17) is 5.26 Å². The van der Waals surface area contributed by atoms with Crippen molar-refractivity contribution in [3.8, 4) is 6.07 Å². The average molecular weight is 343 g/mol. The summed E-state index contributed by atoms with van der Waals surface area (Å²) in [6, 6.07) is 6.48. The Kier molecular flexibility index (Phi) is 4.77. The number of hydrogen-bond acceptors (Lipinski definition) is 5. The summed E-state index contributed by atoms with van der Waals surface area (Å²) in [5.74, 6) is 0. The predicted molar refractivity (Wildman–Crippen MR) is 79.7 cm³/mol. The van der Waals surface area contributed by atoms with Crippen molar-refractivity contribution in [3.05, 3.63) is 45.7 Å². The van der Waals surface area contributed by atoms with Crippen LogP contribution >= 0.6 is 11.5 Å². The van der Waals surface area contributed by atoms with Gasteiger partial charge in [-0.2, -0.15) is 18.4 Å². The second-order valence-corrected chi connectivity index (χ2v) is 5.82. The van der Waals surface area contributed by atoms with Gasteiger partial charge in [0.1, 0.15) is 11.1 Å². The highest BCUT2D eigenvalue weighted by Gasteiger charge is 2.33. The highest BCUT2D eigenvalue weighted by atomic mass is 32.1. The second-order valence-electron chi connectivity index (χ2n) is 4.79. The minimum absolute atomic E-state index is 0.00912. The first-order chi connectivity index (χ1) is 10.7. The van der Waals surface area contributed by atoms with Gasteiger partial charge in [-0.15, -0.1) is 0 Å². The van der Waals surface area contributed by atoms with Gasteiger partial charge in [0.2, 0.25) is 0 Å². The first kappa shape index (κ1) is 17.1. The maximum atomic E-state index is 13.0. The van der Waals surface area contributed by atoms with Crippen LogP contribution in [0, 0.1) is 11.3 Å². The third kappa shape index (κ3) is 3.72. The fourth-order valence-corrected chi connectivity index (χ4v) is 2.99. The van der Waals surface area contributed by atoms with Gasteiger partial charge in [0, 0.05) is 0 Å². The third-order valence-corrected chi connectivity index (χ3v) is 3.92. The van der Waals surface area contributed by atoms with Crippen molar-refractivity contribution in [1.29, 1.82) is 5.26 Å². The van der Waals surface area contributed by atoms with Crippen LogP contribution in [0.5, 0.6) is 0 Å². The van der Waals surface area contributed by atoms with Crippen LogP contribution in [-0.2, 0) is 12.7 Å². The summed E-state index contributed by atoms with van der Waals surface area (Å²) in [5, 5.41) is 20.9. The van der Waals surface area contributed by atoms with Crippen LogP contribution in [0.15, 0.2) is 29.1 Å². The Bertz CT molecular complexity index is 803. The maximum Gasteiger partial charge on any atom is 0.418 e. The van der Waals surface area contributed by atoms with E-state index in [-0.39, 0.29) is 22.8 Å². The van der Waals surface area contributed by atoms with Gasteiger partial charge in [-0.05, 0) is 30.6 Å². The van der Waals surface area contributed by atoms with Crippen molar-refractivity contribution in [2.45, 2.75) is 25.7 Å². The summed E-state index contributed by atoms with van der Waals surface area (Å²) in [6.07, 6.45) is -5.39. The summed E-state index contributed by atoms with van der Waals surface area (Å²) < 4.78 is 40.1. The number of aliphatic hydroxyl groups is 1. The number of para-hydroxylation sites is 1. The van der Waals surface area contributed by atoms with E-state index in [1.54, 1.807) is 6.07 Å². The lowest BCUT2D eigenvalue weighted by Gasteiger charge is -2.13. The number of benzene rings is 1. The Hall–Kier alpha value is -2.31. The summed E-state index contributed by atoms with van der Waals surface area (Å²) in [6.45, 7) is 1.42. The minimum atomic E-state index is -4.57. The molecule has 2 rings (SSSR count). The molecular formula is C14H12F3N3O2S. The Morgan fingerprint density at radius 2 is 2.09 bits per heavy atom. The molecule has 0 amide bonds. The van der Waals surface area contributed by atoms with E-state index in [0.29, 0.717) is 0 Å². The lowest BCUT2D eigenvalue weighted by atomic mass is 10.1. The molecule has 5 nitrogen and oxygen atoms in total. The molecule has 2 aromatic rings. The van der Waals surface area contributed by atoms with Crippen LogP contribution in [0.3, 0.4) is 0 Å². The van der Waals surface area contributed by atoms with E-state index in [9.17, 15) is 23.1 Å². The number of nitrogens with zero attached hydrogens (tertiary/aromatic N) is 2. The molecule has 0 saturated carbocycles. The van der Waals surface area contributed by atoms with Gasteiger partial charge in [-0.3, -0.25) is 8.75 Å². The molecule has 0 aliphatic carbocycles. The Balaban J connectivity index is 2.46. The van der Waals surface area contributed by atoms with E-state index in [2.05, 4.69) is 5.32 Å². The minimum Gasteiger partial charge on any atom is -0.392 e. The van der Waals surface area contributed by atoms with Crippen LogP contribution in [0.25, 0.3) is 0 Å². The molecule has 0 fully saturated rings. The lowest BCUT2D eigenvalue weighted by Crippen LogP contribution is -2.21. The lowest BCUT2D eigenvalue weighted by molar-refractivity contribution is -0.136. The first-order valence-electron chi connectivity index (χ1n) is 6.49. The quantitative estimate of drug-likeness (QED) is 0.895. The number of nitriles is 1. The maximum absolute atomic E-state index is 13.0. The number of rotatable bonds is 4. The number of alkyl halides is 3. The zero-order valence-electron chi connectivity index (χ0n) is 11.9. The van der Waals surface area contributed by atoms with E-state index >= 15 is 0 Å². The van der Waals surface area contributed by atoms with Crippen LogP contribution in [0.1, 0.15) is 18.1 Å². The smallest absolute Gasteiger partial charge is 0.392 e. The van der Waals surface area contributed by atoms with Crippen molar-refractivity contribution in [3.63, 3.8) is 0 Å². The number of nitrogens with one attached hydrogen (secondary N) is 1. The highest BCUT2D eigenvalue weighted by molar-refractivity contribution is 7.11. The molecule has 9 heteroatoms. The molecular weight excluding hydrogens is 331 g/mol. The normalized spacial score (nSPS) is 12.7. The van der Waals surface area contributed by atoms with Gasteiger partial charge >= 0.3 is 6.18 Å². The van der Waals surface area contributed by atoms with Gasteiger partial charge in [-0.1, -0.05) is 12.1 Å². The highest BCUT2D eigenvalue weighted by Crippen LogP contribution is 2.36. The van der Waals surface area contributed by atoms with Gasteiger partial charge in [0.05, 0.1) is 23.9 Å². The van der Waals surface area contributed by atoms with Crippen LogP contribution in [0.4, 0.5) is 23.9 Å². The molecule has 0 aliphatic heterocycles. The van der Waals surface area contributed by atoms with E-state index in [1.807, 2.05) is 0 Å². The first-order valence-corrected chi connectivity index (χ1v) is 7.27. The number of anilines is 2. The van der Waals surface area contributed by atoms with E-state index < -0.39 is 23.4 Å². The average Bonchev–Trinajstić information content (AvgIpc) is 2.73. The molecule has 1 unspecified atom stereocenters. The monoisotopic (exact) mass is 343 g/mol. The molecule has 0 aliphatic rings. The Labute approximate surface area is 133 Å². The summed E-state index contributed by atoms with van der Waals surface area (Å²) in [5.41, 5.74) is -2.08. The number of aromatic nitrogens is 1. The summed E-state index contributed by atoms with van der Waals surface area (Å²) in [7, 11) is 0. The fourth-order valence-electron chi connectivity index (χ4n) is 1.92. The van der Waals surface area contributed by atoms with Gasteiger partial charge in [0.15, 0.2) is 5.56 Å². The van der Waals surface area contributed by atoms with Crippen molar-refractivity contribution in [1.82, 2.24) is 3.96 Å². The van der Waals surface area contributed by atoms with Crippen molar-refractivity contribution >= 4 is 22.2 Å². The number of aliphatic hydroxyl groups excluding tert-OH is 1. The summed E-state index contributed by atoms with van der Waals surface area (Å²) in [4.78, 5) is 12.0. The van der Waals surface area contributed by atoms with Gasteiger partial charge in [-0.25, -0.2) is 0 Å². The fraction of sp³-hybridized carbons (Fsp3) is 0.286. The zero-order chi connectivity index (χ0) is 17.2. The molecule has 2 N–H and O–H groups in total. The molecule has 1 atom stereocenters. The van der Waals surface area contributed by atoms with Gasteiger partial charge in [0.25, 0.3) is 5.56 Å². The molecule has 1 aromatic carbocycles. The van der Waals surface area contributed by atoms with Gasteiger partial charge < -0.3 is 10.4 Å². The Morgan fingerprint density at radius 1 is 1.43 bits per heavy atom. The predicted octanol–water partition coefficient (Wildman–Crippen LogP) is 2.92. The largest absolute Gasteiger partial charge is 0.418 e. The summed E-state index contributed by atoms with van der Waals surface area (Å²) >= 11 is 0.796. The van der Waals surface area contributed by atoms with Crippen LogP contribution in [0.2, 0.25) is 0 Å². The van der Waals surface area contributed by atoms with E-state index in [1.165, 1.54) is 25.1 Å². The van der Waals surface area contributed by atoms with Crippen LogP contribution in [-0.4, -0.2) is 15.2 Å². The SMILES string of the molecule is CC(O)Cn1sc(Nc2ccccc2C(F)(F)F)c(C#N)c1=O. The van der Waals surface area contributed by atoms with Crippen LogP contribution < -0.4 is 10.9 Å². The number of hydrogen-bond donors (Lipinski definition) is 2. The molecule has 0 saturated heterocycles. The molecule has 1 aromatic heterocycles. The number of halogens is 3. The third-order valence-electron chi connectivity index (χ3n) is 2.89. The van der Waals surface area contributed by atoms with Crippen molar-refractivity contribution in [2.75, 3.05) is 5.32 Å². The topological polar surface area (TPSA) is 78.0 Å². The molecule has 0 spiro atoms. The standard InChI is InChI=1S/C14H12F3N3O2S/c1-8(21)7-20-13(22)9(6-18)12(23-20)19-11-5-3-2-4-10(11)14(15,16)17/h2-5,8,19,21H,7H2,1H3. The molecule has 23 heavy (non-hydrogen) atoms. The second kappa shape index (κ2) is 6.44. The van der Waals surface area contributed by atoms with Crippen molar-refractivity contribution < 1.29 is 18.3 Å². The zero-order valence-corrected chi connectivity index (χ0v) is 12.7.